The van der Waals surface area contributed by atoms with Gasteiger partial charge in [-0.2, -0.15) is 0 Å². The number of nitrogens with zero attached hydrogens (tertiary/aromatic N) is 1. The molecule has 3 N–H and O–H groups in total. The van der Waals surface area contributed by atoms with Gasteiger partial charge in [-0.15, -0.1) is 0 Å². The molecule has 1 saturated heterocycles. The lowest BCUT2D eigenvalue weighted by Gasteiger charge is -2.20. The SMILES string of the molecule is CCC1CCN(C(=O)N[C@H](CCO)C(=O)O)C1. The van der Waals surface area contributed by atoms with Crippen LogP contribution in [0.2, 0.25) is 0 Å². The second-order valence-electron chi connectivity index (χ2n) is 4.36. The van der Waals surface area contributed by atoms with E-state index in [2.05, 4.69) is 12.2 Å². The highest BCUT2D eigenvalue weighted by atomic mass is 16.4. The van der Waals surface area contributed by atoms with Crippen LogP contribution >= 0.6 is 0 Å². The predicted molar refractivity (Wildman–Crippen MR) is 61.6 cm³/mol. The van der Waals surface area contributed by atoms with E-state index in [9.17, 15) is 9.59 Å². The van der Waals surface area contributed by atoms with Gasteiger partial charge in [0.1, 0.15) is 6.04 Å². The molecule has 1 aliphatic heterocycles. The molecule has 0 saturated carbocycles. The molecule has 2 amide bonds. The van der Waals surface area contributed by atoms with Crippen molar-refractivity contribution < 1.29 is 19.8 Å². The summed E-state index contributed by atoms with van der Waals surface area (Å²) in [4.78, 5) is 24.2. The second-order valence-corrected chi connectivity index (χ2v) is 4.36. The summed E-state index contributed by atoms with van der Waals surface area (Å²) in [6.45, 7) is 3.19. The number of carboxylic acid groups (broad SMARTS) is 1. The molecule has 1 unspecified atom stereocenters. The van der Waals surface area contributed by atoms with Crippen molar-refractivity contribution in [2.75, 3.05) is 19.7 Å². The molecule has 0 bridgehead atoms. The van der Waals surface area contributed by atoms with Crippen molar-refractivity contribution in [3.63, 3.8) is 0 Å². The van der Waals surface area contributed by atoms with Gasteiger partial charge in [0.15, 0.2) is 0 Å². The summed E-state index contributed by atoms with van der Waals surface area (Å²) in [5.41, 5.74) is 0. The largest absolute Gasteiger partial charge is 0.480 e. The Kier molecular flexibility index (Phi) is 5.21. The lowest BCUT2D eigenvalue weighted by molar-refractivity contribution is -0.139. The maximum Gasteiger partial charge on any atom is 0.326 e. The molecule has 1 aliphatic rings. The number of urea groups is 1. The van der Waals surface area contributed by atoms with Crippen LogP contribution in [0.15, 0.2) is 0 Å². The predicted octanol–water partition coefficient (Wildman–Crippen LogP) is 0.263. The number of hydrogen-bond acceptors (Lipinski definition) is 3. The summed E-state index contributed by atoms with van der Waals surface area (Å²) in [6.07, 6.45) is 2.04. The van der Waals surface area contributed by atoms with Crippen LogP contribution in [0.3, 0.4) is 0 Å². The number of amides is 2. The van der Waals surface area contributed by atoms with Crippen molar-refractivity contribution in [3.05, 3.63) is 0 Å². The maximum atomic E-state index is 11.8. The first-order valence-corrected chi connectivity index (χ1v) is 5.97. The number of hydrogen-bond donors (Lipinski definition) is 3. The molecule has 2 atom stereocenters. The van der Waals surface area contributed by atoms with Crippen LogP contribution in [0, 0.1) is 5.92 Å². The molecule has 0 spiro atoms. The smallest absolute Gasteiger partial charge is 0.326 e. The van der Waals surface area contributed by atoms with Crippen molar-refractivity contribution in [1.29, 1.82) is 0 Å². The molecule has 0 aromatic rings. The van der Waals surface area contributed by atoms with Gasteiger partial charge in [-0.1, -0.05) is 13.3 Å². The van der Waals surface area contributed by atoms with Crippen LogP contribution in [-0.2, 0) is 4.79 Å². The molecule has 1 heterocycles. The number of aliphatic carboxylic acids is 1. The number of aliphatic hydroxyl groups excluding tert-OH is 1. The van der Waals surface area contributed by atoms with E-state index in [0.29, 0.717) is 19.0 Å². The highest BCUT2D eigenvalue weighted by molar-refractivity contribution is 5.82. The van der Waals surface area contributed by atoms with Gasteiger partial charge >= 0.3 is 12.0 Å². The lowest BCUT2D eigenvalue weighted by Crippen LogP contribution is -2.47. The summed E-state index contributed by atoms with van der Waals surface area (Å²) in [5.74, 6) is -0.597. The average Bonchev–Trinajstić information content (AvgIpc) is 2.76. The van der Waals surface area contributed by atoms with Gasteiger partial charge in [0.25, 0.3) is 0 Å². The number of likely N-dealkylation sites (tertiary alicyclic amines) is 1. The van der Waals surface area contributed by atoms with E-state index < -0.39 is 12.0 Å². The molecule has 1 rings (SSSR count). The van der Waals surface area contributed by atoms with E-state index in [0.717, 1.165) is 12.8 Å². The van der Waals surface area contributed by atoms with Gasteiger partial charge in [0.2, 0.25) is 0 Å². The fraction of sp³-hybridized carbons (Fsp3) is 0.818. The lowest BCUT2D eigenvalue weighted by atomic mass is 10.1. The first-order valence-electron chi connectivity index (χ1n) is 5.97. The Labute approximate surface area is 101 Å². The van der Waals surface area contributed by atoms with Gasteiger partial charge in [-0.05, 0) is 12.3 Å². The summed E-state index contributed by atoms with van der Waals surface area (Å²) in [5, 5.41) is 20.0. The Morgan fingerprint density at radius 1 is 1.53 bits per heavy atom. The molecule has 0 aliphatic carbocycles. The number of rotatable bonds is 5. The van der Waals surface area contributed by atoms with Crippen LogP contribution in [0.4, 0.5) is 4.79 Å². The summed E-state index contributed by atoms with van der Waals surface area (Å²) >= 11 is 0. The van der Waals surface area contributed by atoms with Gasteiger partial charge in [-0.3, -0.25) is 0 Å². The average molecular weight is 244 g/mol. The molecular weight excluding hydrogens is 224 g/mol. The molecule has 6 nitrogen and oxygen atoms in total. The number of nitrogens with one attached hydrogen (secondary N) is 1. The number of carbonyl (C=O) groups is 2. The van der Waals surface area contributed by atoms with E-state index in [-0.39, 0.29) is 19.1 Å². The molecule has 0 aromatic heterocycles. The van der Waals surface area contributed by atoms with E-state index >= 15 is 0 Å². The van der Waals surface area contributed by atoms with Crippen molar-refractivity contribution in [2.24, 2.45) is 5.92 Å². The van der Waals surface area contributed by atoms with E-state index in [4.69, 9.17) is 10.2 Å². The Morgan fingerprint density at radius 3 is 2.71 bits per heavy atom. The molecular formula is C11H20N2O4. The quantitative estimate of drug-likeness (QED) is 0.647. The van der Waals surface area contributed by atoms with Crippen molar-refractivity contribution in [1.82, 2.24) is 10.2 Å². The molecule has 6 heteroatoms. The Balaban J connectivity index is 2.45. The molecule has 1 fully saturated rings. The van der Waals surface area contributed by atoms with Gasteiger partial charge in [0.05, 0.1) is 0 Å². The number of carboxylic acids is 1. The van der Waals surface area contributed by atoms with Gasteiger partial charge < -0.3 is 20.4 Å². The zero-order valence-electron chi connectivity index (χ0n) is 10.1. The Morgan fingerprint density at radius 2 is 2.24 bits per heavy atom. The topological polar surface area (TPSA) is 89.9 Å². The normalized spacial score (nSPS) is 21.3. The molecule has 0 aromatic carbocycles. The highest BCUT2D eigenvalue weighted by Crippen LogP contribution is 2.18. The van der Waals surface area contributed by atoms with Crippen LogP contribution in [0.1, 0.15) is 26.2 Å². The molecule has 98 valence electrons. The minimum absolute atomic E-state index is 0.0338. The number of aliphatic hydroxyl groups is 1. The fourth-order valence-electron chi connectivity index (χ4n) is 1.98. The Hall–Kier alpha value is -1.30. The van der Waals surface area contributed by atoms with Crippen molar-refractivity contribution in [3.8, 4) is 0 Å². The molecule has 0 radical (unpaired) electrons. The monoisotopic (exact) mass is 244 g/mol. The van der Waals surface area contributed by atoms with E-state index in [1.165, 1.54) is 0 Å². The number of carbonyl (C=O) groups excluding carboxylic acids is 1. The van der Waals surface area contributed by atoms with Crippen LogP contribution in [-0.4, -0.2) is 52.9 Å². The first-order chi connectivity index (χ1) is 8.08. The summed E-state index contributed by atoms with van der Waals surface area (Å²) < 4.78 is 0. The van der Waals surface area contributed by atoms with E-state index in [1.54, 1.807) is 4.90 Å². The van der Waals surface area contributed by atoms with Crippen molar-refractivity contribution in [2.45, 2.75) is 32.2 Å². The third-order valence-electron chi connectivity index (χ3n) is 3.16. The minimum atomic E-state index is -1.11. The summed E-state index contributed by atoms with van der Waals surface area (Å²) in [6, 6.07) is -1.35. The summed E-state index contributed by atoms with van der Waals surface area (Å²) in [7, 11) is 0. The Bertz CT molecular complexity index is 283. The van der Waals surface area contributed by atoms with Crippen LogP contribution < -0.4 is 5.32 Å². The third-order valence-corrected chi connectivity index (χ3v) is 3.16. The highest BCUT2D eigenvalue weighted by Gasteiger charge is 2.28. The third kappa shape index (κ3) is 3.89. The standard InChI is InChI=1S/C11H20N2O4/c1-2-8-3-5-13(7-8)11(17)12-9(4-6-14)10(15)16/h8-9,14H,2-7H2,1H3,(H,12,17)(H,15,16)/t8?,9-/m1/s1. The first kappa shape index (κ1) is 13.8. The molecule has 17 heavy (non-hydrogen) atoms. The second kappa shape index (κ2) is 6.44. The van der Waals surface area contributed by atoms with Gasteiger partial charge in [0, 0.05) is 26.1 Å². The van der Waals surface area contributed by atoms with Crippen molar-refractivity contribution >= 4 is 12.0 Å². The van der Waals surface area contributed by atoms with Gasteiger partial charge in [-0.25, -0.2) is 9.59 Å². The fourth-order valence-corrected chi connectivity index (χ4v) is 1.98. The van der Waals surface area contributed by atoms with Crippen LogP contribution in [0.5, 0.6) is 0 Å². The van der Waals surface area contributed by atoms with Crippen LogP contribution in [0.25, 0.3) is 0 Å². The maximum absolute atomic E-state index is 11.8. The van der Waals surface area contributed by atoms with E-state index in [1.807, 2.05) is 0 Å². The minimum Gasteiger partial charge on any atom is -0.480 e. The zero-order chi connectivity index (χ0) is 12.8. The zero-order valence-corrected chi connectivity index (χ0v) is 10.1.